The van der Waals surface area contributed by atoms with Crippen molar-refractivity contribution in [1.29, 1.82) is 0 Å². The van der Waals surface area contributed by atoms with Crippen molar-refractivity contribution in [3.05, 3.63) is 0 Å². The van der Waals surface area contributed by atoms with E-state index in [1.807, 2.05) is 0 Å². The third kappa shape index (κ3) is 7.19. The summed E-state index contributed by atoms with van der Waals surface area (Å²) in [5.74, 6) is -4.92. The summed E-state index contributed by atoms with van der Waals surface area (Å²) in [5, 5.41) is 141. The van der Waals surface area contributed by atoms with E-state index in [4.69, 9.17) is 38.2 Å². The van der Waals surface area contributed by atoms with E-state index in [2.05, 4.69) is 0 Å². The average molecular weight is 683 g/mol. The zero-order valence-corrected chi connectivity index (χ0v) is 24.0. The van der Waals surface area contributed by atoms with Crippen molar-refractivity contribution < 1.29 is 110 Å². The van der Waals surface area contributed by atoms with Gasteiger partial charge < -0.3 is 99.9 Å². The highest BCUT2D eigenvalue weighted by Gasteiger charge is 2.59. The highest BCUT2D eigenvalue weighted by molar-refractivity contribution is 4.99. The molecule has 18 unspecified atom stereocenters. The molecule has 4 fully saturated rings. The summed E-state index contributed by atoms with van der Waals surface area (Å²) in [6, 6.07) is 0. The van der Waals surface area contributed by atoms with Crippen LogP contribution in [0.25, 0.3) is 0 Å². The Balaban J connectivity index is 1.37. The summed E-state index contributed by atoms with van der Waals surface area (Å²) in [6.45, 7) is -5.24. The maximum absolute atomic E-state index is 10.8. The first-order valence-electron chi connectivity index (χ1n) is 14.2. The van der Waals surface area contributed by atoms with Crippen molar-refractivity contribution >= 4 is 0 Å². The van der Waals surface area contributed by atoms with Crippen molar-refractivity contribution in [2.45, 2.75) is 110 Å². The lowest BCUT2D eigenvalue weighted by molar-refractivity contribution is -0.429. The van der Waals surface area contributed by atoms with Gasteiger partial charge in [0.25, 0.3) is 0 Å². The molecule has 18 atom stereocenters. The van der Waals surface area contributed by atoms with Crippen LogP contribution in [0.2, 0.25) is 0 Å². The topological polar surface area (TPSA) is 357 Å². The van der Waals surface area contributed by atoms with Crippen LogP contribution in [0, 0.1) is 0 Å². The van der Waals surface area contributed by atoms with Gasteiger partial charge in [0.05, 0.1) is 26.4 Å². The second-order valence-corrected chi connectivity index (χ2v) is 11.4. The predicted octanol–water partition coefficient (Wildman–Crippen LogP) is -9.81. The van der Waals surface area contributed by atoms with Crippen molar-refractivity contribution in [2.75, 3.05) is 39.6 Å². The summed E-state index contributed by atoms with van der Waals surface area (Å²) < 4.78 is 31.8. The lowest BCUT2D eigenvalue weighted by Gasteiger charge is -2.44. The second kappa shape index (κ2) is 15.3. The van der Waals surface area contributed by atoms with Crippen molar-refractivity contribution in [3.8, 4) is 0 Å². The fourth-order valence-electron chi connectivity index (χ4n) is 5.43. The molecule has 22 nitrogen and oxygen atoms in total. The highest BCUT2D eigenvalue weighted by atomic mass is 17.2. The number of aliphatic hydroxyl groups excluding tert-OH is 13. The Morgan fingerprint density at radius 2 is 1.17 bits per heavy atom. The Morgan fingerprint density at radius 3 is 1.74 bits per heavy atom. The summed E-state index contributed by atoms with van der Waals surface area (Å²) in [7, 11) is 0. The highest BCUT2D eigenvalue weighted by Crippen LogP contribution is 2.37. The van der Waals surface area contributed by atoms with Gasteiger partial charge in [-0.25, -0.2) is 9.78 Å². The number of hydrogen-bond acceptors (Lipinski definition) is 22. The molecule has 14 N–H and O–H groups in total. The molecule has 0 spiro atoms. The number of ether oxygens (including phenoxy) is 6. The SMILES string of the molecule is OCC1OC(OC2(CO)OC(CO)C(O)C2O)C(O)C(OOCC2OC(OCC3OC(O)(CO)C(O)C3O)C(O)C(O)C2O)C1O. The molecule has 0 saturated carbocycles. The van der Waals surface area contributed by atoms with Crippen LogP contribution in [0.3, 0.4) is 0 Å². The third-order valence-electron chi connectivity index (χ3n) is 8.30. The van der Waals surface area contributed by atoms with Gasteiger partial charge in [-0.2, -0.15) is 0 Å². The fraction of sp³-hybridized carbons (Fsp3) is 1.00. The first-order chi connectivity index (χ1) is 21.7. The average Bonchev–Trinajstić information content (AvgIpc) is 3.42. The molecule has 0 radical (unpaired) electrons. The largest absolute Gasteiger partial charge is 0.394 e. The van der Waals surface area contributed by atoms with Gasteiger partial charge in [-0.1, -0.05) is 0 Å². The summed E-state index contributed by atoms with van der Waals surface area (Å²) >= 11 is 0. The molecule has 4 aliphatic heterocycles. The van der Waals surface area contributed by atoms with E-state index >= 15 is 0 Å². The molecule has 22 heteroatoms. The lowest BCUT2D eigenvalue weighted by atomic mass is 9.98. The van der Waals surface area contributed by atoms with Crippen LogP contribution in [-0.4, -0.2) is 221 Å². The molecule has 0 bridgehead atoms. The molecule has 0 aromatic rings. The standard InChI is InChI=1S/C24H42O22/c25-1-7-12(30)18(17(35)22(41-7)45-24(6-28)20(37)13(31)8(2-26)44-24)46-40-4-9-11(29)15(33)16(34)21(42-9)39-3-10-14(32)19(36)23(38,5-27)43-10/h7-22,25-38H,1-6H2. The fourth-order valence-corrected chi connectivity index (χ4v) is 5.43. The van der Waals surface area contributed by atoms with E-state index in [1.54, 1.807) is 0 Å². The van der Waals surface area contributed by atoms with Crippen molar-refractivity contribution in [1.82, 2.24) is 0 Å². The molecule has 0 aromatic heterocycles. The minimum absolute atomic E-state index is 0.649. The summed E-state index contributed by atoms with van der Waals surface area (Å²) in [6.07, 6.45) is -28.0. The Kier molecular flexibility index (Phi) is 12.7. The number of hydrogen-bond donors (Lipinski definition) is 14. The summed E-state index contributed by atoms with van der Waals surface area (Å²) in [4.78, 5) is 10.1. The zero-order valence-electron chi connectivity index (χ0n) is 24.0. The first-order valence-corrected chi connectivity index (χ1v) is 14.2. The molecular weight excluding hydrogens is 640 g/mol. The zero-order chi connectivity index (χ0) is 34.1. The van der Waals surface area contributed by atoms with E-state index in [9.17, 15) is 71.5 Å². The third-order valence-corrected chi connectivity index (χ3v) is 8.30. The van der Waals surface area contributed by atoms with Crippen LogP contribution >= 0.6 is 0 Å². The van der Waals surface area contributed by atoms with Gasteiger partial charge in [-0.3, -0.25) is 0 Å². The van der Waals surface area contributed by atoms with Gasteiger partial charge in [0.15, 0.2) is 18.7 Å². The molecule has 270 valence electrons. The monoisotopic (exact) mass is 682 g/mol. The molecule has 4 aliphatic rings. The maximum atomic E-state index is 10.8. The maximum Gasteiger partial charge on any atom is 0.224 e. The predicted molar refractivity (Wildman–Crippen MR) is 135 cm³/mol. The minimum Gasteiger partial charge on any atom is -0.394 e. The van der Waals surface area contributed by atoms with Crippen LogP contribution in [0.1, 0.15) is 0 Å². The van der Waals surface area contributed by atoms with E-state index in [1.165, 1.54) is 0 Å². The van der Waals surface area contributed by atoms with Crippen molar-refractivity contribution in [3.63, 3.8) is 0 Å². The second-order valence-electron chi connectivity index (χ2n) is 11.4. The lowest BCUT2D eigenvalue weighted by Crippen LogP contribution is -2.63. The Bertz CT molecular complexity index is 965. The van der Waals surface area contributed by atoms with Crippen LogP contribution in [0.5, 0.6) is 0 Å². The Morgan fingerprint density at radius 1 is 0.543 bits per heavy atom. The van der Waals surface area contributed by atoms with E-state index in [0.29, 0.717) is 0 Å². The minimum atomic E-state index is -2.49. The van der Waals surface area contributed by atoms with Gasteiger partial charge in [0.2, 0.25) is 11.6 Å². The Labute approximate surface area is 259 Å². The van der Waals surface area contributed by atoms with E-state index in [0.717, 1.165) is 0 Å². The quantitative estimate of drug-likeness (QED) is 0.0633. The van der Waals surface area contributed by atoms with Gasteiger partial charge in [0, 0.05) is 0 Å². The van der Waals surface area contributed by atoms with Crippen LogP contribution < -0.4 is 0 Å². The van der Waals surface area contributed by atoms with Gasteiger partial charge in [0.1, 0.15) is 92.6 Å². The van der Waals surface area contributed by atoms with E-state index in [-0.39, 0.29) is 0 Å². The molecular formula is C24H42O22. The molecule has 4 rings (SSSR count). The van der Waals surface area contributed by atoms with Crippen LogP contribution in [0.4, 0.5) is 0 Å². The number of rotatable bonds is 13. The molecule has 0 amide bonds. The van der Waals surface area contributed by atoms with Crippen LogP contribution in [0.15, 0.2) is 0 Å². The normalized spacial score (nSPS) is 51.5. The van der Waals surface area contributed by atoms with Crippen LogP contribution in [-0.2, 0) is 38.2 Å². The summed E-state index contributed by atoms with van der Waals surface area (Å²) in [5.41, 5.74) is 0. The molecule has 0 aliphatic carbocycles. The smallest absolute Gasteiger partial charge is 0.224 e. The molecule has 46 heavy (non-hydrogen) atoms. The molecule has 4 heterocycles. The number of aliphatic hydroxyl groups is 14. The molecule has 0 aromatic carbocycles. The van der Waals surface area contributed by atoms with Crippen molar-refractivity contribution in [2.24, 2.45) is 0 Å². The Hall–Kier alpha value is -0.880. The van der Waals surface area contributed by atoms with E-state index < -0.39 is 149 Å². The van der Waals surface area contributed by atoms with Gasteiger partial charge >= 0.3 is 0 Å². The first kappa shape index (κ1) is 37.9. The van der Waals surface area contributed by atoms with Gasteiger partial charge in [-0.05, 0) is 0 Å². The van der Waals surface area contributed by atoms with Gasteiger partial charge in [-0.15, -0.1) is 0 Å². The molecule has 4 saturated heterocycles.